The molecule has 2 aliphatic heterocycles. The highest BCUT2D eigenvalue weighted by atomic mass is 32.2. The zero-order valence-corrected chi connectivity index (χ0v) is 21.9. The third-order valence-corrected chi connectivity index (χ3v) is 7.93. The maximum Gasteiger partial charge on any atom is 0.352 e. The lowest BCUT2D eigenvalue weighted by molar-refractivity contribution is -0.149. The number of sulfone groups is 1. The number of esters is 1. The molecule has 0 radical (unpaired) electrons. The van der Waals surface area contributed by atoms with Crippen molar-refractivity contribution in [1.82, 2.24) is 15.1 Å². The molecule has 0 bridgehead atoms. The van der Waals surface area contributed by atoms with Crippen molar-refractivity contribution in [2.45, 2.75) is 46.0 Å². The van der Waals surface area contributed by atoms with Crippen LogP contribution in [-0.4, -0.2) is 90.5 Å². The molecule has 12 heteroatoms. The lowest BCUT2D eigenvalue weighted by Gasteiger charge is -2.48. The second kappa shape index (κ2) is 12.1. The first-order valence-corrected chi connectivity index (χ1v) is 13.3. The molecule has 0 aromatic heterocycles. The van der Waals surface area contributed by atoms with Crippen molar-refractivity contribution >= 4 is 33.6 Å². The predicted molar refractivity (Wildman–Crippen MR) is 132 cm³/mol. The van der Waals surface area contributed by atoms with Crippen LogP contribution in [-0.2, 0) is 29.0 Å². The SMILES string of the molecule is CC(=O)OCC1=C(C(=O)O)N2C(=O)[C@@H](NC(=O)c3ccc(C)cc3)[C@@H]2S(=O)(=O)C1.CCN(CC)CC. The van der Waals surface area contributed by atoms with Crippen LogP contribution in [0.25, 0.3) is 0 Å². The summed E-state index contributed by atoms with van der Waals surface area (Å²) in [5.74, 6) is -4.46. The van der Waals surface area contributed by atoms with Gasteiger partial charge in [-0.1, -0.05) is 38.5 Å². The number of nitrogens with zero attached hydrogens (tertiary/aromatic N) is 2. The van der Waals surface area contributed by atoms with Gasteiger partial charge in [-0.05, 0) is 38.7 Å². The molecule has 198 valence electrons. The maximum atomic E-state index is 12.7. The van der Waals surface area contributed by atoms with Crippen LogP contribution in [0.4, 0.5) is 0 Å². The van der Waals surface area contributed by atoms with Gasteiger partial charge < -0.3 is 20.1 Å². The minimum absolute atomic E-state index is 0.208. The highest BCUT2D eigenvalue weighted by Crippen LogP contribution is 2.37. The van der Waals surface area contributed by atoms with E-state index in [1.54, 1.807) is 12.1 Å². The fourth-order valence-electron chi connectivity index (χ4n) is 3.92. The molecular weight excluding hydrogens is 490 g/mol. The number of carboxylic acids is 1. The van der Waals surface area contributed by atoms with Crippen LogP contribution in [0.5, 0.6) is 0 Å². The van der Waals surface area contributed by atoms with Crippen LogP contribution in [0.2, 0.25) is 0 Å². The van der Waals surface area contributed by atoms with E-state index in [4.69, 9.17) is 4.74 Å². The Kier molecular flexibility index (Phi) is 9.77. The van der Waals surface area contributed by atoms with E-state index in [9.17, 15) is 32.7 Å². The average molecular weight is 524 g/mol. The molecule has 0 aliphatic carbocycles. The molecule has 1 fully saturated rings. The van der Waals surface area contributed by atoms with Crippen molar-refractivity contribution in [3.05, 3.63) is 46.7 Å². The van der Waals surface area contributed by atoms with Gasteiger partial charge in [-0.15, -0.1) is 0 Å². The summed E-state index contributed by atoms with van der Waals surface area (Å²) in [4.78, 5) is 50.6. The van der Waals surface area contributed by atoms with E-state index in [1.807, 2.05) is 6.92 Å². The minimum atomic E-state index is -4.03. The number of amides is 2. The molecule has 3 rings (SSSR count). The standard InChI is InChI=1S/C18H18N2O8S.C6H15N/c1-9-3-5-11(6-4-9)15(22)19-13-16(23)20-14(18(24)25)12(7-28-10(2)21)8-29(26,27)17(13)20;1-4-7(5-2)6-3/h3-6,13,17H,7-8H2,1-2H3,(H,19,22)(H,24,25);4-6H2,1-3H3/t13-,17+;/m1./s1. The smallest absolute Gasteiger partial charge is 0.352 e. The first kappa shape index (κ1) is 29.0. The minimum Gasteiger partial charge on any atom is -0.477 e. The Morgan fingerprint density at radius 2 is 1.67 bits per heavy atom. The summed E-state index contributed by atoms with van der Waals surface area (Å²) in [6, 6.07) is 5.03. The number of rotatable bonds is 8. The van der Waals surface area contributed by atoms with Crippen molar-refractivity contribution < 1.29 is 37.4 Å². The molecule has 1 aromatic rings. The molecule has 11 nitrogen and oxygen atoms in total. The molecule has 2 aliphatic rings. The average Bonchev–Trinajstić information content (AvgIpc) is 2.82. The molecule has 0 saturated carbocycles. The summed E-state index contributed by atoms with van der Waals surface area (Å²) in [5, 5.41) is 10.3. The van der Waals surface area contributed by atoms with Crippen LogP contribution in [0.3, 0.4) is 0 Å². The van der Waals surface area contributed by atoms with Crippen LogP contribution in [0, 0.1) is 6.92 Å². The lowest BCUT2D eigenvalue weighted by Crippen LogP contribution is -2.74. The molecule has 2 amide bonds. The first-order valence-electron chi connectivity index (χ1n) is 11.6. The fraction of sp³-hybridized carbons (Fsp3) is 0.500. The van der Waals surface area contributed by atoms with Gasteiger partial charge in [0.1, 0.15) is 18.3 Å². The Hall–Kier alpha value is -3.25. The van der Waals surface area contributed by atoms with Gasteiger partial charge in [-0.2, -0.15) is 0 Å². The van der Waals surface area contributed by atoms with Crippen LogP contribution in [0.1, 0.15) is 43.6 Å². The first-order chi connectivity index (χ1) is 16.9. The number of ether oxygens (including phenoxy) is 1. The molecule has 1 aromatic carbocycles. The summed E-state index contributed by atoms with van der Waals surface area (Å²) in [6.07, 6.45) is 0. The van der Waals surface area contributed by atoms with E-state index in [-0.39, 0.29) is 11.1 Å². The number of hydrogen-bond acceptors (Lipinski definition) is 8. The number of benzene rings is 1. The zero-order chi connectivity index (χ0) is 27.2. The van der Waals surface area contributed by atoms with Crippen molar-refractivity contribution in [2.75, 3.05) is 32.0 Å². The van der Waals surface area contributed by atoms with Gasteiger partial charge in [0, 0.05) is 18.1 Å². The van der Waals surface area contributed by atoms with E-state index >= 15 is 0 Å². The fourth-order valence-corrected chi connectivity index (χ4v) is 5.93. The largest absolute Gasteiger partial charge is 0.477 e. The highest BCUT2D eigenvalue weighted by Gasteiger charge is 2.60. The Balaban J connectivity index is 0.000000572. The topological polar surface area (TPSA) is 150 Å². The van der Waals surface area contributed by atoms with Crippen molar-refractivity contribution in [2.24, 2.45) is 0 Å². The van der Waals surface area contributed by atoms with E-state index < -0.39 is 63.1 Å². The Labute approximate surface area is 211 Å². The van der Waals surface area contributed by atoms with E-state index in [0.29, 0.717) is 4.90 Å². The number of fused-ring (bicyclic) bond motifs is 1. The van der Waals surface area contributed by atoms with Gasteiger partial charge in [0.25, 0.3) is 11.8 Å². The number of aliphatic carboxylic acids is 1. The van der Waals surface area contributed by atoms with E-state index in [1.165, 1.54) is 31.8 Å². The number of hydrogen-bond donors (Lipinski definition) is 2. The Bertz CT molecular complexity index is 1130. The van der Waals surface area contributed by atoms with Crippen LogP contribution < -0.4 is 5.32 Å². The summed E-state index contributed by atoms with van der Waals surface area (Å²) in [5.41, 5.74) is 0.399. The summed E-state index contributed by atoms with van der Waals surface area (Å²) < 4.78 is 30.1. The molecular formula is C24H33N3O8S. The van der Waals surface area contributed by atoms with Gasteiger partial charge in [0.15, 0.2) is 15.2 Å². The van der Waals surface area contributed by atoms with E-state index in [2.05, 4.69) is 31.0 Å². The lowest BCUT2D eigenvalue weighted by atomic mass is 10.0. The number of β-lactam (4-membered cyclic amide) rings is 1. The monoisotopic (exact) mass is 523 g/mol. The maximum absolute atomic E-state index is 12.7. The second-order valence-corrected chi connectivity index (χ2v) is 10.5. The Morgan fingerprint density at radius 1 is 1.11 bits per heavy atom. The summed E-state index contributed by atoms with van der Waals surface area (Å²) in [7, 11) is -4.03. The zero-order valence-electron chi connectivity index (χ0n) is 21.1. The van der Waals surface area contributed by atoms with Crippen LogP contribution >= 0.6 is 0 Å². The van der Waals surface area contributed by atoms with Gasteiger partial charge in [0.2, 0.25) is 0 Å². The third-order valence-electron chi connectivity index (χ3n) is 5.96. The van der Waals surface area contributed by atoms with Crippen molar-refractivity contribution in [3.8, 4) is 0 Å². The molecule has 36 heavy (non-hydrogen) atoms. The van der Waals surface area contributed by atoms with Crippen molar-refractivity contribution in [3.63, 3.8) is 0 Å². The molecule has 2 N–H and O–H groups in total. The van der Waals surface area contributed by atoms with Gasteiger partial charge >= 0.3 is 11.9 Å². The molecule has 0 spiro atoms. The molecule has 1 saturated heterocycles. The Morgan fingerprint density at radius 3 is 2.11 bits per heavy atom. The normalized spacial score (nSPS) is 20.1. The molecule has 2 atom stereocenters. The number of nitrogens with one attached hydrogen (secondary N) is 1. The summed E-state index contributed by atoms with van der Waals surface area (Å²) in [6.45, 7) is 12.5. The van der Waals surface area contributed by atoms with Gasteiger partial charge in [-0.25, -0.2) is 13.2 Å². The second-order valence-electron chi connectivity index (χ2n) is 8.38. The third kappa shape index (κ3) is 6.49. The number of aryl methyl sites for hydroxylation is 1. The van der Waals surface area contributed by atoms with Crippen molar-refractivity contribution in [1.29, 1.82) is 0 Å². The van der Waals surface area contributed by atoms with Crippen LogP contribution in [0.15, 0.2) is 35.5 Å². The quantitative estimate of drug-likeness (QED) is 0.375. The highest BCUT2D eigenvalue weighted by molar-refractivity contribution is 7.92. The number of carbonyl (C=O) groups is 4. The number of carbonyl (C=O) groups excluding carboxylic acids is 3. The molecule has 0 unspecified atom stereocenters. The van der Waals surface area contributed by atoms with Gasteiger partial charge in [-0.3, -0.25) is 19.3 Å². The van der Waals surface area contributed by atoms with Gasteiger partial charge in [0.05, 0.1) is 5.75 Å². The van der Waals surface area contributed by atoms with E-state index in [0.717, 1.165) is 12.5 Å². The number of carboxylic acid groups (broad SMARTS) is 1. The summed E-state index contributed by atoms with van der Waals surface area (Å²) >= 11 is 0. The molecule has 2 heterocycles. The predicted octanol–water partition coefficient (Wildman–Crippen LogP) is 0.940.